The lowest BCUT2D eigenvalue weighted by atomic mass is 10.2. The molecule has 0 fully saturated rings. The average molecular weight is 374 g/mol. The van der Waals surface area contributed by atoms with Crippen LogP contribution in [0.15, 0.2) is 65.1 Å². The number of esters is 1. The number of rotatable bonds is 5. The van der Waals surface area contributed by atoms with Gasteiger partial charge in [-0.1, -0.05) is 46.3 Å². The second kappa shape index (κ2) is 8.29. The number of methoxy groups -OCH3 is 1. The first kappa shape index (κ1) is 17.0. The first-order chi connectivity index (χ1) is 11.1. The van der Waals surface area contributed by atoms with Gasteiger partial charge >= 0.3 is 5.97 Å². The molecule has 0 aliphatic carbocycles. The maximum absolute atomic E-state index is 12.5. The number of ether oxygens (including phenoxy) is 1. The molecule has 118 valence electrons. The van der Waals surface area contributed by atoms with E-state index in [9.17, 15) is 9.59 Å². The summed E-state index contributed by atoms with van der Waals surface area (Å²) in [5.74, 6) is -0.768. The van der Waals surface area contributed by atoms with Crippen molar-refractivity contribution in [3.05, 3.63) is 70.7 Å². The standard InChI is InChI=1S/C18H16BrNO3/c1-23-18(22)13-20(16-10-8-15(19)9-11-16)17(21)12-7-14-5-3-2-4-6-14/h2-12H,13H2,1H3. The summed E-state index contributed by atoms with van der Waals surface area (Å²) < 4.78 is 5.57. The molecule has 0 aliphatic heterocycles. The summed E-state index contributed by atoms with van der Waals surface area (Å²) in [6.07, 6.45) is 3.16. The Kier molecular flexibility index (Phi) is 6.11. The molecule has 0 atom stereocenters. The molecule has 4 nitrogen and oxygen atoms in total. The average Bonchev–Trinajstić information content (AvgIpc) is 2.59. The first-order valence-corrected chi connectivity index (χ1v) is 7.76. The fourth-order valence-corrected chi connectivity index (χ4v) is 2.20. The minimum atomic E-state index is -0.477. The van der Waals surface area contributed by atoms with Gasteiger partial charge in [0.05, 0.1) is 7.11 Å². The zero-order valence-corrected chi connectivity index (χ0v) is 14.2. The van der Waals surface area contributed by atoms with E-state index in [1.165, 1.54) is 18.1 Å². The molecule has 23 heavy (non-hydrogen) atoms. The second-order valence-electron chi connectivity index (χ2n) is 4.72. The van der Waals surface area contributed by atoms with E-state index in [1.807, 2.05) is 42.5 Å². The largest absolute Gasteiger partial charge is 0.468 e. The Hall–Kier alpha value is -2.40. The van der Waals surface area contributed by atoms with Crippen molar-refractivity contribution in [2.24, 2.45) is 0 Å². The molecular weight excluding hydrogens is 358 g/mol. The lowest BCUT2D eigenvalue weighted by Gasteiger charge is -2.20. The fraction of sp³-hybridized carbons (Fsp3) is 0.111. The molecule has 0 N–H and O–H groups in total. The highest BCUT2D eigenvalue weighted by Crippen LogP contribution is 2.19. The molecule has 0 aliphatic rings. The smallest absolute Gasteiger partial charge is 0.325 e. The fourth-order valence-electron chi connectivity index (χ4n) is 1.93. The van der Waals surface area contributed by atoms with Crippen LogP contribution in [0.3, 0.4) is 0 Å². The molecule has 0 saturated carbocycles. The van der Waals surface area contributed by atoms with E-state index in [-0.39, 0.29) is 12.5 Å². The molecule has 0 radical (unpaired) electrons. The molecule has 0 spiro atoms. The number of amides is 1. The Morgan fingerprint density at radius 1 is 1.09 bits per heavy atom. The summed E-state index contributed by atoms with van der Waals surface area (Å²) in [4.78, 5) is 25.4. The van der Waals surface area contributed by atoms with Gasteiger partial charge in [0.15, 0.2) is 0 Å². The lowest BCUT2D eigenvalue weighted by Crippen LogP contribution is -2.35. The topological polar surface area (TPSA) is 46.6 Å². The number of anilines is 1. The number of benzene rings is 2. The number of halogens is 1. The van der Waals surface area contributed by atoms with E-state index >= 15 is 0 Å². The summed E-state index contributed by atoms with van der Waals surface area (Å²) in [5.41, 5.74) is 1.54. The maximum atomic E-state index is 12.5. The third-order valence-electron chi connectivity index (χ3n) is 3.14. The van der Waals surface area contributed by atoms with Crippen LogP contribution in [-0.2, 0) is 14.3 Å². The van der Waals surface area contributed by atoms with Gasteiger partial charge in [-0.3, -0.25) is 14.5 Å². The zero-order valence-electron chi connectivity index (χ0n) is 12.6. The first-order valence-electron chi connectivity index (χ1n) is 6.97. The number of carbonyl (C=O) groups is 2. The van der Waals surface area contributed by atoms with E-state index in [4.69, 9.17) is 0 Å². The molecule has 0 saturated heterocycles. The lowest BCUT2D eigenvalue weighted by molar-refractivity contribution is -0.139. The molecule has 2 rings (SSSR count). The van der Waals surface area contributed by atoms with Crippen molar-refractivity contribution in [3.63, 3.8) is 0 Å². The Labute approximate surface area is 143 Å². The highest BCUT2D eigenvalue weighted by molar-refractivity contribution is 9.10. The third-order valence-corrected chi connectivity index (χ3v) is 3.67. The van der Waals surface area contributed by atoms with Crippen molar-refractivity contribution < 1.29 is 14.3 Å². The molecule has 1 amide bonds. The Balaban J connectivity index is 2.22. The van der Waals surface area contributed by atoms with Crippen LogP contribution < -0.4 is 4.90 Å². The van der Waals surface area contributed by atoms with Crippen molar-refractivity contribution in [2.45, 2.75) is 0 Å². The van der Waals surface area contributed by atoms with Crippen molar-refractivity contribution >= 4 is 39.6 Å². The van der Waals surface area contributed by atoms with E-state index in [1.54, 1.807) is 18.2 Å². The molecule has 0 heterocycles. The number of hydrogen-bond donors (Lipinski definition) is 0. The van der Waals surface area contributed by atoms with Crippen LogP contribution in [0.4, 0.5) is 5.69 Å². The Morgan fingerprint density at radius 3 is 2.35 bits per heavy atom. The SMILES string of the molecule is COC(=O)CN(C(=O)C=Cc1ccccc1)c1ccc(Br)cc1. The van der Waals surface area contributed by atoms with E-state index in [0.29, 0.717) is 5.69 Å². The summed E-state index contributed by atoms with van der Waals surface area (Å²) in [6, 6.07) is 16.6. The van der Waals surface area contributed by atoms with Gasteiger partial charge in [-0.05, 0) is 35.9 Å². The van der Waals surface area contributed by atoms with Crippen LogP contribution >= 0.6 is 15.9 Å². The number of hydrogen-bond acceptors (Lipinski definition) is 3. The summed E-state index contributed by atoms with van der Waals surface area (Å²) >= 11 is 3.35. The van der Waals surface area contributed by atoms with Gasteiger partial charge in [-0.25, -0.2) is 0 Å². The van der Waals surface area contributed by atoms with Gasteiger partial charge in [0.25, 0.3) is 5.91 Å². The molecule has 5 heteroatoms. The van der Waals surface area contributed by atoms with Crippen LogP contribution in [0.5, 0.6) is 0 Å². The van der Waals surface area contributed by atoms with Crippen LogP contribution in [0.25, 0.3) is 6.08 Å². The summed E-state index contributed by atoms with van der Waals surface area (Å²) in [7, 11) is 1.30. The number of carbonyl (C=O) groups excluding carboxylic acids is 2. The molecule has 2 aromatic rings. The normalized spacial score (nSPS) is 10.5. The predicted octanol–water partition coefficient (Wildman–Crippen LogP) is 3.67. The molecule has 0 aromatic heterocycles. The van der Waals surface area contributed by atoms with Crippen LogP contribution in [0.2, 0.25) is 0 Å². The Morgan fingerprint density at radius 2 is 1.74 bits per heavy atom. The monoisotopic (exact) mass is 373 g/mol. The summed E-state index contributed by atoms with van der Waals surface area (Å²) in [5, 5.41) is 0. The molecular formula is C18H16BrNO3. The van der Waals surface area contributed by atoms with Crippen LogP contribution in [0.1, 0.15) is 5.56 Å². The van der Waals surface area contributed by atoms with Crippen molar-refractivity contribution in [1.82, 2.24) is 0 Å². The summed E-state index contributed by atoms with van der Waals surface area (Å²) in [6.45, 7) is -0.143. The minimum absolute atomic E-state index is 0.143. The highest BCUT2D eigenvalue weighted by Gasteiger charge is 2.17. The van der Waals surface area contributed by atoms with Crippen molar-refractivity contribution in [2.75, 3.05) is 18.6 Å². The Bertz CT molecular complexity index is 696. The van der Waals surface area contributed by atoms with Gasteiger partial charge in [-0.2, -0.15) is 0 Å². The van der Waals surface area contributed by atoms with Crippen molar-refractivity contribution in [3.8, 4) is 0 Å². The van der Waals surface area contributed by atoms with Crippen LogP contribution in [-0.4, -0.2) is 25.5 Å². The van der Waals surface area contributed by atoms with E-state index in [0.717, 1.165) is 10.0 Å². The zero-order chi connectivity index (χ0) is 16.7. The quantitative estimate of drug-likeness (QED) is 0.593. The third kappa shape index (κ3) is 5.07. The second-order valence-corrected chi connectivity index (χ2v) is 5.64. The minimum Gasteiger partial charge on any atom is -0.468 e. The molecule has 2 aromatic carbocycles. The van der Waals surface area contributed by atoms with Gasteiger partial charge in [-0.15, -0.1) is 0 Å². The van der Waals surface area contributed by atoms with E-state index < -0.39 is 5.97 Å². The van der Waals surface area contributed by atoms with Gasteiger partial charge < -0.3 is 4.74 Å². The van der Waals surface area contributed by atoms with E-state index in [2.05, 4.69) is 20.7 Å². The van der Waals surface area contributed by atoms with Gasteiger partial charge in [0.1, 0.15) is 6.54 Å². The van der Waals surface area contributed by atoms with Crippen molar-refractivity contribution in [1.29, 1.82) is 0 Å². The van der Waals surface area contributed by atoms with Gasteiger partial charge in [0.2, 0.25) is 0 Å². The van der Waals surface area contributed by atoms with Gasteiger partial charge in [0, 0.05) is 16.2 Å². The molecule has 0 bridgehead atoms. The predicted molar refractivity (Wildman–Crippen MR) is 94.0 cm³/mol. The van der Waals surface area contributed by atoms with Crippen LogP contribution in [0, 0.1) is 0 Å². The maximum Gasteiger partial charge on any atom is 0.325 e. The highest BCUT2D eigenvalue weighted by atomic mass is 79.9. The number of nitrogens with zero attached hydrogens (tertiary/aromatic N) is 1. The molecule has 0 unspecified atom stereocenters.